The van der Waals surface area contributed by atoms with Crippen LogP contribution < -0.4 is 0 Å². The van der Waals surface area contributed by atoms with Crippen LogP contribution in [-0.4, -0.2) is 48.2 Å². The molecule has 2 heterocycles. The van der Waals surface area contributed by atoms with Crippen molar-refractivity contribution in [3.63, 3.8) is 0 Å². The van der Waals surface area contributed by atoms with E-state index in [-0.39, 0.29) is 30.6 Å². The van der Waals surface area contributed by atoms with E-state index in [2.05, 4.69) is 24.1 Å². The Morgan fingerprint density at radius 3 is 2.56 bits per heavy atom. The van der Waals surface area contributed by atoms with Gasteiger partial charge in [0.05, 0.1) is 15.3 Å². The number of likely N-dealkylation sites (N-methyl/N-ethyl adjacent to an activating group) is 1. The van der Waals surface area contributed by atoms with E-state index in [0.717, 1.165) is 18.7 Å². The van der Waals surface area contributed by atoms with E-state index in [1.165, 1.54) is 11.3 Å². The fourth-order valence-electron chi connectivity index (χ4n) is 3.13. The summed E-state index contributed by atoms with van der Waals surface area (Å²) in [6, 6.07) is 13.6. The first-order valence-corrected chi connectivity index (χ1v) is 9.55. The monoisotopic (exact) mass is 376 g/mol. The third kappa shape index (κ3) is 4.48. The van der Waals surface area contributed by atoms with Gasteiger partial charge in [0.1, 0.15) is 0 Å². The van der Waals surface area contributed by atoms with Crippen molar-refractivity contribution in [1.29, 1.82) is 0 Å². The first-order valence-electron chi connectivity index (χ1n) is 8.36. The van der Waals surface area contributed by atoms with Gasteiger partial charge in [-0.2, -0.15) is 0 Å². The number of halogens is 1. The summed E-state index contributed by atoms with van der Waals surface area (Å²) in [5.41, 5.74) is 1.14. The van der Waals surface area contributed by atoms with E-state index in [9.17, 15) is 9.59 Å². The number of carbonyl (C=O) groups is 2. The predicted octanol–water partition coefficient (Wildman–Crippen LogP) is 3.88. The summed E-state index contributed by atoms with van der Waals surface area (Å²) in [7, 11) is 2.07. The number of ketones is 1. The molecule has 0 spiro atoms. The third-order valence-electron chi connectivity index (χ3n) is 4.50. The van der Waals surface area contributed by atoms with Gasteiger partial charge in [0.15, 0.2) is 5.78 Å². The molecule has 0 unspecified atom stereocenters. The van der Waals surface area contributed by atoms with Gasteiger partial charge in [-0.25, -0.2) is 0 Å². The third-order valence-corrected chi connectivity index (χ3v) is 5.77. The molecule has 1 fully saturated rings. The van der Waals surface area contributed by atoms with E-state index in [0.29, 0.717) is 15.8 Å². The molecule has 0 bridgehead atoms. The maximum absolute atomic E-state index is 12.8. The molecule has 4 nitrogen and oxygen atoms in total. The summed E-state index contributed by atoms with van der Waals surface area (Å²) in [6.07, 6.45) is 0.463. The lowest BCUT2D eigenvalue weighted by Gasteiger charge is -2.40. The highest BCUT2D eigenvalue weighted by Gasteiger charge is 2.30. The quantitative estimate of drug-likeness (QED) is 0.743. The number of Topliss-reactive ketones (excluding diaryl/α,β-unsaturated/α-hetero) is 1. The summed E-state index contributed by atoms with van der Waals surface area (Å²) in [4.78, 5) is 29.8. The second kappa shape index (κ2) is 8.13. The van der Waals surface area contributed by atoms with Crippen LogP contribution in [0.3, 0.4) is 0 Å². The lowest BCUT2D eigenvalue weighted by atomic mass is 10.0. The minimum atomic E-state index is -0.0179. The molecule has 1 amide bonds. The molecule has 1 saturated heterocycles. The number of rotatable bonds is 5. The van der Waals surface area contributed by atoms with Gasteiger partial charge >= 0.3 is 0 Å². The van der Waals surface area contributed by atoms with Gasteiger partial charge in [-0.1, -0.05) is 41.9 Å². The van der Waals surface area contributed by atoms with Gasteiger partial charge in [-0.3, -0.25) is 9.59 Å². The Bertz CT molecular complexity index is 747. The van der Waals surface area contributed by atoms with Gasteiger partial charge in [-0.15, -0.1) is 11.3 Å². The highest BCUT2D eigenvalue weighted by molar-refractivity contribution is 7.18. The molecule has 1 atom stereocenters. The largest absolute Gasteiger partial charge is 0.333 e. The van der Waals surface area contributed by atoms with Gasteiger partial charge in [-0.05, 0) is 24.7 Å². The number of benzene rings is 1. The van der Waals surface area contributed by atoms with E-state index < -0.39 is 0 Å². The zero-order valence-electron chi connectivity index (χ0n) is 14.2. The van der Waals surface area contributed by atoms with Crippen LogP contribution in [0.2, 0.25) is 4.34 Å². The smallest absolute Gasteiger partial charge is 0.223 e. The summed E-state index contributed by atoms with van der Waals surface area (Å²) in [6.45, 7) is 2.35. The maximum Gasteiger partial charge on any atom is 0.223 e. The number of carbonyl (C=O) groups excluding carboxylic acids is 2. The molecule has 0 aliphatic carbocycles. The lowest BCUT2D eigenvalue weighted by Crippen LogP contribution is -2.49. The molecular formula is C19H21ClN2O2S. The summed E-state index contributed by atoms with van der Waals surface area (Å²) in [5.74, 6) is 0.0218. The molecule has 1 aromatic heterocycles. The summed E-state index contributed by atoms with van der Waals surface area (Å²) >= 11 is 7.14. The number of piperazine rings is 1. The van der Waals surface area contributed by atoms with Crippen molar-refractivity contribution in [3.8, 4) is 0 Å². The van der Waals surface area contributed by atoms with Crippen LogP contribution in [0.4, 0.5) is 0 Å². The molecule has 0 radical (unpaired) electrons. The highest BCUT2D eigenvalue weighted by Crippen LogP contribution is 2.27. The van der Waals surface area contributed by atoms with Crippen molar-refractivity contribution in [2.45, 2.75) is 18.9 Å². The predicted molar refractivity (Wildman–Crippen MR) is 101 cm³/mol. The number of hydrogen-bond acceptors (Lipinski definition) is 4. The Labute approximate surface area is 157 Å². The zero-order chi connectivity index (χ0) is 17.8. The van der Waals surface area contributed by atoms with Gasteiger partial charge in [0.2, 0.25) is 5.91 Å². The van der Waals surface area contributed by atoms with Gasteiger partial charge in [0.25, 0.3) is 0 Å². The molecular weight excluding hydrogens is 356 g/mol. The number of amides is 1. The van der Waals surface area contributed by atoms with Crippen molar-refractivity contribution in [3.05, 3.63) is 57.2 Å². The van der Waals surface area contributed by atoms with Crippen LogP contribution in [0.25, 0.3) is 0 Å². The molecule has 25 heavy (non-hydrogen) atoms. The van der Waals surface area contributed by atoms with Crippen LogP contribution in [-0.2, 0) is 4.79 Å². The highest BCUT2D eigenvalue weighted by atomic mass is 35.5. The standard InChI is InChI=1S/C19H21ClN2O2S/c1-21-11-12-22(15(13-21)14-5-3-2-4-6-14)19(24)10-7-16(23)17-8-9-18(20)25-17/h2-6,8-9,15H,7,10-13H2,1H3/t15-/m1/s1. The van der Waals surface area contributed by atoms with Crippen molar-refractivity contribution in [2.75, 3.05) is 26.7 Å². The second-order valence-corrected chi connectivity index (χ2v) is 8.02. The molecule has 132 valence electrons. The topological polar surface area (TPSA) is 40.6 Å². The molecule has 0 N–H and O–H groups in total. The molecule has 6 heteroatoms. The summed E-state index contributed by atoms with van der Waals surface area (Å²) < 4.78 is 0.595. The van der Waals surface area contributed by atoms with E-state index in [4.69, 9.17) is 11.6 Å². The maximum atomic E-state index is 12.8. The number of nitrogens with zero attached hydrogens (tertiary/aromatic N) is 2. The van der Waals surface area contributed by atoms with Crippen LogP contribution in [0.1, 0.15) is 34.1 Å². The molecule has 1 aromatic carbocycles. The molecule has 2 aromatic rings. The Morgan fingerprint density at radius 2 is 1.88 bits per heavy atom. The number of hydrogen-bond donors (Lipinski definition) is 0. The Morgan fingerprint density at radius 1 is 1.12 bits per heavy atom. The van der Waals surface area contributed by atoms with Crippen molar-refractivity contribution < 1.29 is 9.59 Å². The minimum absolute atomic E-state index is 0.0179. The average Bonchev–Trinajstić information content (AvgIpc) is 3.06. The fourth-order valence-corrected chi connectivity index (χ4v) is 4.14. The fraction of sp³-hybridized carbons (Fsp3) is 0.368. The Hall–Kier alpha value is -1.69. The van der Waals surface area contributed by atoms with E-state index in [1.54, 1.807) is 12.1 Å². The van der Waals surface area contributed by atoms with Gasteiger partial charge < -0.3 is 9.80 Å². The van der Waals surface area contributed by atoms with Crippen LogP contribution >= 0.6 is 22.9 Å². The van der Waals surface area contributed by atoms with E-state index >= 15 is 0 Å². The van der Waals surface area contributed by atoms with Crippen molar-refractivity contribution in [1.82, 2.24) is 9.80 Å². The normalized spacial score (nSPS) is 18.3. The van der Waals surface area contributed by atoms with E-state index in [1.807, 2.05) is 23.1 Å². The first-order chi connectivity index (χ1) is 12.0. The molecule has 3 rings (SSSR count). The molecule has 1 aliphatic rings. The molecule has 1 aliphatic heterocycles. The lowest BCUT2D eigenvalue weighted by molar-refractivity contribution is -0.136. The number of thiophene rings is 1. The Balaban J connectivity index is 1.66. The second-order valence-electron chi connectivity index (χ2n) is 6.30. The van der Waals surface area contributed by atoms with Crippen molar-refractivity contribution >= 4 is 34.6 Å². The first kappa shape index (κ1) is 18.1. The van der Waals surface area contributed by atoms with Crippen LogP contribution in [0.15, 0.2) is 42.5 Å². The Kier molecular flexibility index (Phi) is 5.89. The average molecular weight is 377 g/mol. The van der Waals surface area contributed by atoms with Crippen LogP contribution in [0.5, 0.6) is 0 Å². The van der Waals surface area contributed by atoms with Gasteiger partial charge in [0, 0.05) is 32.5 Å². The molecule has 0 saturated carbocycles. The van der Waals surface area contributed by atoms with Crippen LogP contribution in [0, 0.1) is 0 Å². The SMILES string of the molecule is CN1CCN(C(=O)CCC(=O)c2ccc(Cl)s2)[C@@H](c2ccccc2)C1. The summed E-state index contributed by atoms with van der Waals surface area (Å²) in [5, 5.41) is 0. The minimum Gasteiger partial charge on any atom is -0.333 e. The zero-order valence-corrected chi connectivity index (χ0v) is 15.7. The van der Waals surface area contributed by atoms with Crippen molar-refractivity contribution in [2.24, 2.45) is 0 Å².